The fourth-order valence-electron chi connectivity index (χ4n) is 3.27. The van der Waals surface area contributed by atoms with Crippen LogP contribution in [0.3, 0.4) is 0 Å². The van der Waals surface area contributed by atoms with Crippen LogP contribution in [-0.2, 0) is 11.2 Å². The van der Waals surface area contributed by atoms with Crippen molar-refractivity contribution in [3.8, 4) is 6.19 Å². The second-order valence-electron chi connectivity index (χ2n) is 7.34. The van der Waals surface area contributed by atoms with Crippen LogP contribution in [0.5, 0.6) is 0 Å². The van der Waals surface area contributed by atoms with Crippen molar-refractivity contribution in [1.29, 1.82) is 5.26 Å². The number of nitriles is 1. The first kappa shape index (κ1) is 19.2. The van der Waals surface area contributed by atoms with Gasteiger partial charge in [-0.15, -0.1) is 0 Å². The first-order chi connectivity index (χ1) is 11.3. The number of benzene rings is 1. The van der Waals surface area contributed by atoms with Crippen LogP contribution in [0.25, 0.3) is 0 Å². The van der Waals surface area contributed by atoms with E-state index in [9.17, 15) is 10.1 Å². The molecule has 1 aromatic carbocycles. The van der Waals surface area contributed by atoms with Crippen molar-refractivity contribution in [3.05, 3.63) is 33.4 Å². The third kappa shape index (κ3) is 4.93. The lowest BCUT2D eigenvalue weighted by molar-refractivity contribution is -0.137. The van der Waals surface area contributed by atoms with E-state index in [2.05, 4.69) is 78.7 Å². The summed E-state index contributed by atoms with van der Waals surface area (Å²) in [7, 11) is 0. The molecule has 0 aromatic heterocycles. The van der Waals surface area contributed by atoms with Gasteiger partial charge in [-0.2, -0.15) is 5.26 Å². The number of piperidine rings is 1. The fourth-order valence-corrected chi connectivity index (χ4v) is 3.63. The molecule has 1 aromatic rings. The lowest BCUT2D eigenvalue weighted by Gasteiger charge is -2.44. The van der Waals surface area contributed by atoms with E-state index in [0.29, 0.717) is 13.0 Å². The molecule has 1 aliphatic rings. The zero-order valence-electron chi connectivity index (χ0n) is 14.8. The highest BCUT2D eigenvalue weighted by atomic mass is 127. The van der Waals surface area contributed by atoms with Gasteiger partial charge in [0.05, 0.1) is 6.04 Å². The van der Waals surface area contributed by atoms with Crippen LogP contribution in [0.2, 0.25) is 0 Å². The van der Waals surface area contributed by atoms with Crippen LogP contribution in [0.1, 0.15) is 45.6 Å². The van der Waals surface area contributed by atoms with E-state index in [4.69, 9.17) is 0 Å². The van der Waals surface area contributed by atoms with Crippen molar-refractivity contribution in [2.75, 3.05) is 13.1 Å². The summed E-state index contributed by atoms with van der Waals surface area (Å²) in [5.41, 5.74) is 1.10. The Morgan fingerprint density at radius 1 is 1.33 bits per heavy atom. The molecule has 1 amide bonds. The molecule has 5 heteroatoms. The average molecular weight is 439 g/mol. The van der Waals surface area contributed by atoms with Crippen LogP contribution < -0.4 is 0 Å². The maximum Gasteiger partial charge on any atom is 0.252 e. The maximum absolute atomic E-state index is 12.9. The van der Waals surface area contributed by atoms with Crippen molar-refractivity contribution in [3.63, 3.8) is 0 Å². The zero-order valence-corrected chi connectivity index (χ0v) is 16.9. The summed E-state index contributed by atoms with van der Waals surface area (Å²) in [5.74, 6) is -0.0439. The molecule has 0 spiro atoms. The first-order valence-electron chi connectivity index (χ1n) is 8.55. The molecule has 1 saturated heterocycles. The predicted molar refractivity (Wildman–Crippen MR) is 104 cm³/mol. The molecule has 1 aliphatic heterocycles. The number of carbonyl (C=O) groups excluding carboxylic acids is 1. The Bertz CT molecular complexity index is 601. The number of nitrogens with zero attached hydrogens (tertiary/aromatic N) is 3. The quantitative estimate of drug-likeness (QED) is 0.408. The molecule has 1 fully saturated rings. The molecule has 0 aliphatic carbocycles. The molecule has 0 bridgehead atoms. The van der Waals surface area contributed by atoms with E-state index in [-0.39, 0.29) is 17.5 Å². The van der Waals surface area contributed by atoms with Crippen molar-refractivity contribution in [2.45, 2.75) is 58.0 Å². The third-order valence-corrected chi connectivity index (χ3v) is 5.29. The summed E-state index contributed by atoms with van der Waals surface area (Å²) in [4.78, 5) is 16.5. The van der Waals surface area contributed by atoms with Gasteiger partial charge in [0.1, 0.15) is 0 Å². The monoisotopic (exact) mass is 439 g/mol. The fraction of sp³-hybridized carbons (Fsp3) is 0.579. The second kappa shape index (κ2) is 8.30. The Labute approximate surface area is 159 Å². The van der Waals surface area contributed by atoms with Gasteiger partial charge in [0.15, 0.2) is 6.19 Å². The largest absolute Gasteiger partial charge is 0.287 e. The number of rotatable bonds is 4. The van der Waals surface area contributed by atoms with Crippen LogP contribution in [-0.4, -0.2) is 40.4 Å². The average Bonchev–Trinajstić information content (AvgIpc) is 2.56. The SMILES string of the molecule is CC(C)(C)N1CCCC[C@H]1C(=O)N(C#N)CCc1ccc(I)cc1. The molecule has 24 heavy (non-hydrogen) atoms. The van der Waals surface area contributed by atoms with E-state index >= 15 is 0 Å². The van der Waals surface area contributed by atoms with Gasteiger partial charge in [0.25, 0.3) is 5.91 Å². The Morgan fingerprint density at radius 2 is 2.00 bits per heavy atom. The normalized spacial score (nSPS) is 18.9. The van der Waals surface area contributed by atoms with Gasteiger partial charge in [0, 0.05) is 15.7 Å². The smallest absolute Gasteiger partial charge is 0.252 e. The standard InChI is InChI=1S/C19H26IN3O/c1-19(2,3)23-12-5-4-6-17(23)18(24)22(14-21)13-11-15-7-9-16(20)10-8-15/h7-10,17H,4-6,11-13H2,1-3H3/t17-/m0/s1. The highest BCUT2D eigenvalue weighted by Crippen LogP contribution is 2.26. The number of hydrogen-bond acceptors (Lipinski definition) is 3. The summed E-state index contributed by atoms with van der Waals surface area (Å²) in [6.45, 7) is 7.80. The topological polar surface area (TPSA) is 47.3 Å². The summed E-state index contributed by atoms with van der Waals surface area (Å²) in [6, 6.07) is 8.05. The highest BCUT2D eigenvalue weighted by Gasteiger charge is 2.37. The number of hydrogen-bond donors (Lipinski definition) is 0. The van der Waals surface area contributed by atoms with E-state index < -0.39 is 0 Å². The molecule has 0 radical (unpaired) electrons. The van der Waals surface area contributed by atoms with Crippen molar-refractivity contribution < 1.29 is 4.79 Å². The van der Waals surface area contributed by atoms with Gasteiger partial charge < -0.3 is 0 Å². The molecule has 130 valence electrons. The van der Waals surface area contributed by atoms with E-state index in [1.165, 1.54) is 8.47 Å². The Hall–Kier alpha value is -1.13. The molecule has 4 nitrogen and oxygen atoms in total. The molecular weight excluding hydrogens is 413 g/mol. The van der Waals surface area contributed by atoms with Gasteiger partial charge in [-0.25, -0.2) is 4.90 Å². The van der Waals surface area contributed by atoms with Gasteiger partial charge in [-0.1, -0.05) is 18.6 Å². The molecule has 2 rings (SSSR count). The number of halogens is 1. The van der Waals surface area contributed by atoms with Crippen LogP contribution in [0, 0.1) is 15.0 Å². The molecule has 1 heterocycles. The minimum Gasteiger partial charge on any atom is -0.287 e. The predicted octanol–water partition coefficient (Wildman–Crippen LogP) is 3.80. The molecule has 0 unspecified atom stereocenters. The summed E-state index contributed by atoms with van der Waals surface area (Å²) in [6.07, 6.45) is 5.84. The van der Waals surface area contributed by atoms with Crippen LogP contribution in [0.4, 0.5) is 0 Å². The van der Waals surface area contributed by atoms with E-state index in [0.717, 1.165) is 31.4 Å². The minimum absolute atomic E-state index is 0.0439. The van der Waals surface area contributed by atoms with Gasteiger partial charge in [0.2, 0.25) is 0 Å². The zero-order chi connectivity index (χ0) is 17.7. The molecule has 0 saturated carbocycles. The first-order valence-corrected chi connectivity index (χ1v) is 9.63. The minimum atomic E-state index is -0.171. The Balaban J connectivity index is 2.04. The lowest BCUT2D eigenvalue weighted by atomic mass is 9.94. The summed E-state index contributed by atoms with van der Waals surface area (Å²) < 4.78 is 1.19. The molecule has 0 N–H and O–H groups in total. The van der Waals surface area contributed by atoms with E-state index in [1.807, 2.05) is 0 Å². The summed E-state index contributed by atoms with van der Waals surface area (Å²) >= 11 is 2.27. The van der Waals surface area contributed by atoms with Crippen molar-refractivity contribution in [1.82, 2.24) is 9.80 Å². The van der Waals surface area contributed by atoms with E-state index in [1.54, 1.807) is 0 Å². The third-order valence-electron chi connectivity index (χ3n) is 4.57. The van der Waals surface area contributed by atoms with Crippen molar-refractivity contribution in [2.24, 2.45) is 0 Å². The molecule has 1 atom stereocenters. The number of likely N-dealkylation sites (tertiary alicyclic amines) is 1. The Morgan fingerprint density at radius 3 is 2.58 bits per heavy atom. The van der Waals surface area contributed by atoms with Crippen LogP contribution in [0.15, 0.2) is 24.3 Å². The summed E-state index contributed by atoms with van der Waals surface area (Å²) in [5, 5.41) is 9.47. The number of amides is 1. The number of carbonyl (C=O) groups is 1. The molecular formula is C19H26IN3O. The lowest BCUT2D eigenvalue weighted by Crippen LogP contribution is -2.56. The Kier molecular flexibility index (Phi) is 6.64. The second-order valence-corrected chi connectivity index (χ2v) is 8.59. The van der Waals surface area contributed by atoms with Gasteiger partial charge in [-0.3, -0.25) is 9.69 Å². The van der Waals surface area contributed by atoms with Crippen molar-refractivity contribution >= 4 is 28.5 Å². The maximum atomic E-state index is 12.9. The highest BCUT2D eigenvalue weighted by molar-refractivity contribution is 14.1. The van der Waals surface area contributed by atoms with Gasteiger partial charge in [-0.05, 0) is 86.9 Å². The van der Waals surface area contributed by atoms with Gasteiger partial charge >= 0.3 is 0 Å². The van der Waals surface area contributed by atoms with Crippen LogP contribution >= 0.6 is 22.6 Å².